The first kappa shape index (κ1) is 10.4. The summed E-state index contributed by atoms with van der Waals surface area (Å²) in [6.07, 6.45) is 1.28. The molecule has 1 fully saturated rings. The topological polar surface area (TPSA) is 32.3 Å². The van der Waals surface area contributed by atoms with Gasteiger partial charge in [0.25, 0.3) is 0 Å². The summed E-state index contributed by atoms with van der Waals surface area (Å²) in [5.41, 5.74) is 0. The average Bonchev–Trinajstić information content (AvgIpc) is 2.47. The van der Waals surface area contributed by atoms with Gasteiger partial charge in [0.1, 0.15) is 0 Å². The molecule has 1 heterocycles. The van der Waals surface area contributed by atoms with Crippen molar-refractivity contribution in [2.45, 2.75) is 31.6 Å². The van der Waals surface area contributed by atoms with Gasteiger partial charge in [-0.2, -0.15) is 11.8 Å². The number of rotatable bonds is 4. The highest BCUT2D eigenvalue weighted by Gasteiger charge is 2.23. The summed E-state index contributed by atoms with van der Waals surface area (Å²) < 4.78 is 0. The maximum atomic E-state index is 8.83. The Bertz CT molecular complexity index is 132. The van der Waals surface area contributed by atoms with Gasteiger partial charge < -0.3 is 10.4 Å². The van der Waals surface area contributed by atoms with Crippen LogP contribution in [0.1, 0.15) is 20.3 Å². The van der Waals surface area contributed by atoms with Crippen LogP contribution in [0.4, 0.5) is 0 Å². The summed E-state index contributed by atoms with van der Waals surface area (Å²) >= 11 is 2.04. The van der Waals surface area contributed by atoms with Gasteiger partial charge in [0, 0.05) is 24.4 Å². The van der Waals surface area contributed by atoms with Crippen molar-refractivity contribution >= 4 is 11.8 Å². The Morgan fingerprint density at radius 3 is 2.92 bits per heavy atom. The molecule has 12 heavy (non-hydrogen) atoms. The summed E-state index contributed by atoms with van der Waals surface area (Å²) in [6.45, 7) is 5.59. The second-order valence-electron chi connectivity index (χ2n) is 3.67. The first-order valence-corrected chi connectivity index (χ1v) is 5.74. The first-order chi connectivity index (χ1) is 5.74. The van der Waals surface area contributed by atoms with Crippen molar-refractivity contribution in [1.82, 2.24) is 5.32 Å². The van der Waals surface area contributed by atoms with Gasteiger partial charge in [-0.1, -0.05) is 13.8 Å². The van der Waals surface area contributed by atoms with E-state index in [0.29, 0.717) is 18.6 Å². The Labute approximate surface area is 79.1 Å². The minimum Gasteiger partial charge on any atom is -0.396 e. The molecule has 0 aliphatic carbocycles. The van der Waals surface area contributed by atoms with E-state index < -0.39 is 0 Å². The van der Waals surface area contributed by atoms with Crippen LogP contribution in [0.2, 0.25) is 0 Å². The SMILES string of the molecule is CC(CO)CNC1CCSC1C. The van der Waals surface area contributed by atoms with Gasteiger partial charge in [-0.25, -0.2) is 0 Å². The number of hydrogen-bond donors (Lipinski definition) is 2. The minimum absolute atomic E-state index is 0.293. The second kappa shape index (κ2) is 5.10. The molecule has 0 aromatic carbocycles. The van der Waals surface area contributed by atoms with Crippen LogP contribution in [-0.4, -0.2) is 35.3 Å². The van der Waals surface area contributed by atoms with Gasteiger partial charge in [-0.15, -0.1) is 0 Å². The fraction of sp³-hybridized carbons (Fsp3) is 1.00. The van der Waals surface area contributed by atoms with Gasteiger partial charge in [-0.3, -0.25) is 0 Å². The van der Waals surface area contributed by atoms with E-state index in [1.807, 2.05) is 11.8 Å². The summed E-state index contributed by atoms with van der Waals surface area (Å²) in [7, 11) is 0. The summed E-state index contributed by atoms with van der Waals surface area (Å²) in [4.78, 5) is 0. The van der Waals surface area contributed by atoms with Crippen LogP contribution >= 0.6 is 11.8 Å². The van der Waals surface area contributed by atoms with Crippen molar-refractivity contribution in [1.29, 1.82) is 0 Å². The van der Waals surface area contributed by atoms with E-state index in [-0.39, 0.29) is 0 Å². The van der Waals surface area contributed by atoms with Crippen molar-refractivity contribution < 1.29 is 5.11 Å². The largest absolute Gasteiger partial charge is 0.396 e. The van der Waals surface area contributed by atoms with E-state index in [4.69, 9.17) is 5.11 Å². The molecule has 0 amide bonds. The number of aliphatic hydroxyl groups is 1. The minimum atomic E-state index is 0.293. The van der Waals surface area contributed by atoms with Crippen LogP contribution < -0.4 is 5.32 Å². The Morgan fingerprint density at radius 1 is 1.67 bits per heavy atom. The van der Waals surface area contributed by atoms with E-state index in [1.54, 1.807) is 0 Å². The Morgan fingerprint density at radius 2 is 2.42 bits per heavy atom. The van der Waals surface area contributed by atoms with E-state index in [2.05, 4.69) is 19.2 Å². The molecule has 3 heteroatoms. The van der Waals surface area contributed by atoms with Crippen LogP contribution in [-0.2, 0) is 0 Å². The maximum Gasteiger partial charge on any atom is 0.0468 e. The predicted octanol–water partition coefficient (Wildman–Crippen LogP) is 1.10. The van der Waals surface area contributed by atoms with Crippen molar-refractivity contribution in [2.24, 2.45) is 5.92 Å². The number of aliphatic hydroxyl groups excluding tert-OH is 1. The van der Waals surface area contributed by atoms with Crippen LogP contribution in [0.25, 0.3) is 0 Å². The number of hydrogen-bond acceptors (Lipinski definition) is 3. The highest BCUT2D eigenvalue weighted by molar-refractivity contribution is 8.00. The van der Waals surface area contributed by atoms with Gasteiger partial charge >= 0.3 is 0 Å². The Balaban J connectivity index is 2.13. The van der Waals surface area contributed by atoms with Crippen molar-refractivity contribution in [3.63, 3.8) is 0 Å². The lowest BCUT2D eigenvalue weighted by Gasteiger charge is -2.18. The zero-order valence-corrected chi connectivity index (χ0v) is 8.73. The van der Waals surface area contributed by atoms with Crippen LogP contribution in [0, 0.1) is 5.92 Å². The molecule has 0 spiro atoms. The molecule has 0 saturated carbocycles. The zero-order chi connectivity index (χ0) is 8.97. The first-order valence-electron chi connectivity index (χ1n) is 4.70. The smallest absolute Gasteiger partial charge is 0.0468 e. The predicted molar refractivity (Wildman–Crippen MR) is 54.6 cm³/mol. The fourth-order valence-electron chi connectivity index (χ4n) is 1.42. The molecule has 1 saturated heterocycles. The quantitative estimate of drug-likeness (QED) is 0.694. The lowest BCUT2D eigenvalue weighted by molar-refractivity contribution is 0.230. The molecule has 3 unspecified atom stereocenters. The van der Waals surface area contributed by atoms with Gasteiger partial charge in [-0.05, 0) is 18.1 Å². The standard InChI is InChI=1S/C9H19NOS/c1-7(6-11)5-10-9-3-4-12-8(9)2/h7-11H,3-6H2,1-2H3. The van der Waals surface area contributed by atoms with Gasteiger partial charge in [0.2, 0.25) is 0 Å². The molecule has 1 rings (SSSR count). The summed E-state index contributed by atoms with van der Waals surface area (Å²) in [5.74, 6) is 1.68. The lowest BCUT2D eigenvalue weighted by atomic mass is 10.1. The third-order valence-electron chi connectivity index (χ3n) is 2.42. The molecule has 0 bridgehead atoms. The molecular weight excluding hydrogens is 170 g/mol. The van der Waals surface area contributed by atoms with Crippen molar-refractivity contribution in [2.75, 3.05) is 18.9 Å². The molecule has 0 aromatic rings. The molecule has 2 N–H and O–H groups in total. The average molecular weight is 189 g/mol. The molecule has 0 radical (unpaired) electrons. The molecule has 0 aromatic heterocycles. The molecule has 1 aliphatic rings. The van der Waals surface area contributed by atoms with Crippen molar-refractivity contribution in [3.05, 3.63) is 0 Å². The lowest BCUT2D eigenvalue weighted by Crippen LogP contribution is -2.36. The summed E-state index contributed by atoms with van der Waals surface area (Å²) in [5, 5.41) is 13.1. The second-order valence-corrected chi connectivity index (χ2v) is 5.15. The molecule has 3 atom stereocenters. The van der Waals surface area contributed by atoms with E-state index in [1.165, 1.54) is 12.2 Å². The third kappa shape index (κ3) is 2.96. The van der Waals surface area contributed by atoms with Gasteiger partial charge in [0.05, 0.1) is 0 Å². The fourth-order valence-corrected chi connectivity index (χ4v) is 2.64. The summed E-state index contributed by atoms with van der Waals surface area (Å²) in [6, 6.07) is 0.670. The normalized spacial score (nSPS) is 32.2. The molecule has 72 valence electrons. The molecule has 1 aliphatic heterocycles. The van der Waals surface area contributed by atoms with Crippen molar-refractivity contribution in [3.8, 4) is 0 Å². The Kier molecular flexibility index (Phi) is 4.40. The maximum absolute atomic E-state index is 8.83. The number of nitrogens with one attached hydrogen (secondary N) is 1. The highest BCUT2D eigenvalue weighted by atomic mass is 32.2. The third-order valence-corrected chi connectivity index (χ3v) is 3.74. The Hall–Kier alpha value is 0.270. The van der Waals surface area contributed by atoms with E-state index >= 15 is 0 Å². The molecular formula is C9H19NOS. The van der Waals surface area contributed by atoms with Crippen LogP contribution in [0.5, 0.6) is 0 Å². The van der Waals surface area contributed by atoms with Crippen LogP contribution in [0.15, 0.2) is 0 Å². The highest BCUT2D eigenvalue weighted by Crippen LogP contribution is 2.25. The van der Waals surface area contributed by atoms with E-state index in [9.17, 15) is 0 Å². The zero-order valence-electron chi connectivity index (χ0n) is 7.92. The van der Waals surface area contributed by atoms with Crippen LogP contribution in [0.3, 0.4) is 0 Å². The number of thioether (sulfide) groups is 1. The van der Waals surface area contributed by atoms with Gasteiger partial charge in [0.15, 0.2) is 0 Å². The molecule has 2 nitrogen and oxygen atoms in total. The van der Waals surface area contributed by atoms with E-state index in [0.717, 1.165) is 11.8 Å². The monoisotopic (exact) mass is 189 g/mol.